The van der Waals surface area contributed by atoms with E-state index in [4.69, 9.17) is 16.0 Å². The zero-order valence-electron chi connectivity index (χ0n) is 17.0. The van der Waals surface area contributed by atoms with E-state index in [0.29, 0.717) is 28.3 Å². The smallest absolute Gasteiger partial charge is 0.233 e. The highest BCUT2D eigenvalue weighted by Crippen LogP contribution is 2.27. The maximum atomic E-state index is 12.8. The lowest BCUT2D eigenvalue weighted by Crippen LogP contribution is -2.43. The number of halogens is 1. The topological polar surface area (TPSA) is 64.2 Å². The summed E-state index contributed by atoms with van der Waals surface area (Å²) in [4.78, 5) is 14.6. The molecule has 0 bridgehead atoms. The minimum Gasteiger partial charge on any atom is -0.467 e. The summed E-state index contributed by atoms with van der Waals surface area (Å²) in [5.74, 6) is 1.88. The molecule has 0 saturated heterocycles. The summed E-state index contributed by atoms with van der Waals surface area (Å²) in [7, 11) is 0. The van der Waals surface area contributed by atoms with Gasteiger partial charge in [0, 0.05) is 22.7 Å². The highest BCUT2D eigenvalue weighted by Gasteiger charge is 2.22. The summed E-state index contributed by atoms with van der Waals surface area (Å²) < 4.78 is 7.48. The SMILES string of the molecule is CC(C)N(C(=O)CSc1nnc(-c2ccc(Cl)cc2)n1Cc1ccco1)C(C)C. The molecule has 0 aliphatic carbocycles. The number of nitrogens with zero attached hydrogens (tertiary/aromatic N) is 4. The van der Waals surface area contributed by atoms with Gasteiger partial charge in [-0.15, -0.1) is 10.2 Å². The second-order valence-corrected chi connectivity index (χ2v) is 8.63. The summed E-state index contributed by atoms with van der Waals surface area (Å²) in [5, 5.41) is 10.1. The van der Waals surface area contributed by atoms with Gasteiger partial charge in [-0.25, -0.2) is 0 Å². The molecule has 0 spiro atoms. The van der Waals surface area contributed by atoms with Gasteiger partial charge in [0.2, 0.25) is 5.91 Å². The van der Waals surface area contributed by atoms with Gasteiger partial charge in [-0.3, -0.25) is 9.36 Å². The van der Waals surface area contributed by atoms with Gasteiger partial charge >= 0.3 is 0 Å². The van der Waals surface area contributed by atoms with Crippen molar-refractivity contribution in [3.05, 3.63) is 53.4 Å². The van der Waals surface area contributed by atoms with Crippen LogP contribution in [0.1, 0.15) is 33.5 Å². The number of furan rings is 1. The Morgan fingerprint density at radius 3 is 2.41 bits per heavy atom. The van der Waals surface area contributed by atoms with Gasteiger partial charge in [-0.2, -0.15) is 0 Å². The maximum absolute atomic E-state index is 12.8. The summed E-state index contributed by atoms with van der Waals surface area (Å²) >= 11 is 7.41. The largest absolute Gasteiger partial charge is 0.467 e. The van der Waals surface area contributed by atoms with Crippen molar-refractivity contribution in [3.8, 4) is 11.4 Å². The molecule has 0 aliphatic heterocycles. The van der Waals surface area contributed by atoms with Crippen molar-refractivity contribution in [3.63, 3.8) is 0 Å². The number of carbonyl (C=O) groups excluding carboxylic acids is 1. The Labute approximate surface area is 180 Å². The van der Waals surface area contributed by atoms with E-state index in [-0.39, 0.29) is 18.0 Å². The van der Waals surface area contributed by atoms with Crippen LogP contribution in [0, 0.1) is 0 Å². The van der Waals surface area contributed by atoms with Crippen molar-refractivity contribution >= 4 is 29.3 Å². The highest BCUT2D eigenvalue weighted by atomic mass is 35.5. The molecule has 0 unspecified atom stereocenters. The highest BCUT2D eigenvalue weighted by molar-refractivity contribution is 7.99. The minimum absolute atomic E-state index is 0.0839. The van der Waals surface area contributed by atoms with Gasteiger partial charge in [0.25, 0.3) is 0 Å². The molecule has 3 aromatic rings. The summed E-state index contributed by atoms with van der Waals surface area (Å²) in [6, 6.07) is 11.5. The number of hydrogen-bond acceptors (Lipinski definition) is 5. The Kier molecular flexibility index (Phi) is 7.03. The molecule has 3 rings (SSSR count). The Hall–Kier alpha value is -2.25. The van der Waals surface area contributed by atoms with Crippen LogP contribution in [0.15, 0.2) is 52.2 Å². The molecule has 2 aromatic heterocycles. The number of thioether (sulfide) groups is 1. The number of rotatable bonds is 8. The molecule has 0 saturated carbocycles. The first-order valence-electron chi connectivity index (χ1n) is 9.52. The van der Waals surface area contributed by atoms with E-state index < -0.39 is 0 Å². The lowest BCUT2D eigenvalue weighted by atomic mass is 10.2. The molecule has 0 atom stereocenters. The molecule has 6 nitrogen and oxygen atoms in total. The van der Waals surface area contributed by atoms with Crippen LogP contribution in [-0.2, 0) is 11.3 Å². The van der Waals surface area contributed by atoms with Crippen molar-refractivity contribution < 1.29 is 9.21 Å². The molecule has 2 heterocycles. The van der Waals surface area contributed by atoms with E-state index in [1.807, 2.05) is 73.6 Å². The van der Waals surface area contributed by atoms with E-state index in [1.54, 1.807) is 6.26 Å². The lowest BCUT2D eigenvalue weighted by Gasteiger charge is -2.30. The Morgan fingerprint density at radius 2 is 1.83 bits per heavy atom. The van der Waals surface area contributed by atoms with Gasteiger partial charge < -0.3 is 9.32 Å². The van der Waals surface area contributed by atoms with Gasteiger partial charge in [-0.1, -0.05) is 23.4 Å². The Morgan fingerprint density at radius 1 is 1.14 bits per heavy atom. The van der Waals surface area contributed by atoms with Crippen molar-refractivity contribution in [2.75, 3.05) is 5.75 Å². The van der Waals surface area contributed by atoms with Crippen LogP contribution in [0.5, 0.6) is 0 Å². The molecular formula is C21H25ClN4O2S. The van der Waals surface area contributed by atoms with E-state index in [9.17, 15) is 4.79 Å². The Balaban J connectivity index is 1.86. The second-order valence-electron chi connectivity index (χ2n) is 7.26. The van der Waals surface area contributed by atoms with Gasteiger partial charge in [0.15, 0.2) is 11.0 Å². The third kappa shape index (κ3) is 5.22. The number of aromatic nitrogens is 3. The fraction of sp³-hybridized carbons (Fsp3) is 0.381. The lowest BCUT2D eigenvalue weighted by molar-refractivity contribution is -0.131. The standard InChI is InChI=1S/C21H25ClN4O2S/c1-14(2)26(15(3)4)19(27)13-29-21-24-23-20(16-7-9-17(22)10-8-16)25(21)12-18-6-5-11-28-18/h5-11,14-15H,12-13H2,1-4H3. The zero-order valence-corrected chi connectivity index (χ0v) is 18.6. The zero-order chi connectivity index (χ0) is 21.0. The van der Waals surface area contributed by atoms with Crippen molar-refractivity contribution in [1.29, 1.82) is 0 Å². The van der Waals surface area contributed by atoms with Crippen LogP contribution in [0.3, 0.4) is 0 Å². The number of carbonyl (C=O) groups is 1. The van der Waals surface area contributed by atoms with Crippen LogP contribution < -0.4 is 0 Å². The second kappa shape index (κ2) is 9.50. The van der Waals surface area contributed by atoms with Gasteiger partial charge in [-0.05, 0) is 64.1 Å². The van der Waals surface area contributed by atoms with Crippen LogP contribution in [0.2, 0.25) is 5.02 Å². The first-order chi connectivity index (χ1) is 13.9. The first kappa shape index (κ1) is 21.5. The molecular weight excluding hydrogens is 408 g/mol. The van der Waals surface area contributed by atoms with Crippen molar-refractivity contribution in [1.82, 2.24) is 19.7 Å². The van der Waals surface area contributed by atoms with Crippen LogP contribution in [-0.4, -0.2) is 43.4 Å². The van der Waals surface area contributed by atoms with Crippen LogP contribution in [0.25, 0.3) is 11.4 Å². The minimum atomic E-state index is 0.0839. The van der Waals surface area contributed by atoms with Crippen molar-refractivity contribution in [2.24, 2.45) is 0 Å². The molecule has 154 valence electrons. The molecule has 1 aromatic carbocycles. The molecule has 0 radical (unpaired) electrons. The molecule has 0 N–H and O–H groups in total. The predicted molar refractivity (Wildman–Crippen MR) is 116 cm³/mol. The fourth-order valence-corrected chi connectivity index (χ4v) is 4.22. The molecule has 0 fully saturated rings. The summed E-state index contributed by atoms with van der Waals surface area (Å²) in [6.45, 7) is 8.59. The first-order valence-corrected chi connectivity index (χ1v) is 10.9. The average Bonchev–Trinajstić information content (AvgIpc) is 3.31. The monoisotopic (exact) mass is 432 g/mol. The third-order valence-corrected chi connectivity index (χ3v) is 5.64. The van der Waals surface area contributed by atoms with Crippen LogP contribution in [0.4, 0.5) is 0 Å². The average molecular weight is 433 g/mol. The number of hydrogen-bond donors (Lipinski definition) is 0. The van der Waals surface area contributed by atoms with E-state index >= 15 is 0 Å². The van der Waals surface area contributed by atoms with Crippen LogP contribution >= 0.6 is 23.4 Å². The number of amides is 1. The van der Waals surface area contributed by atoms with E-state index in [1.165, 1.54) is 11.8 Å². The van der Waals surface area contributed by atoms with Gasteiger partial charge in [0.05, 0.1) is 18.6 Å². The summed E-state index contributed by atoms with van der Waals surface area (Å²) in [5.41, 5.74) is 0.901. The molecule has 29 heavy (non-hydrogen) atoms. The fourth-order valence-electron chi connectivity index (χ4n) is 3.28. The number of benzene rings is 1. The molecule has 8 heteroatoms. The van der Waals surface area contributed by atoms with E-state index in [0.717, 1.165) is 11.3 Å². The van der Waals surface area contributed by atoms with Crippen molar-refractivity contribution in [2.45, 2.75) is 51.5 Å². The van der Waals surface area contributed by atoms with E-state index in [2.05, 4.69) is 10.2 Å². The maximum Gasteiger partial charge on any atom is 0.233 e. The predicted octanol–water partition coefficient (Wildman–Crippen LogP) is 4.98. The Bertz CT molecular complexity index is 928. The van der Waals surface area contributed by atoms with Gasteiger partial charge in [0.1, 0.15) is 5.76 Å². The molecule has 1 amide bonds. The quantitative estimate of drug-likeness (QED) is 0.470. The third-order valence-electron chi connectivity index (χ3n) is 4.44. The normalized spacial score (nSPS) is 11.4. The molecule has 0 aliphatic rings. The summed E-state index contributed by atoms with van der Waals surface area (Å²) in [6.07, 6.45) is 1.64.